The lowest BCUT2D eigenvalue weighted by Gasteiger charge is -2.38. The summed E-state index contributed by atoms with van der Waals surface area (Å²) in [6.07, 6.45) is 6.86. The van der Waals surface area contributed by atoms with Gasteiger partial charge in [0.25, 0.3) is 0 Å². The Morgan fingerprint density at radius 2 is 2.12 bits per heavy atom. The number of hydrazine groups is 1. The molecule has 0 amide bonds. The van der Waals surface area contributed by atoms with Gasteiger partial charge in [0.05, 0.1) is 24.0 Å². The smallest absolute Gasteiger partial charge is 0.125 e. The summed E-state index contributed by atoms with van der Waals surface area (Å²) in [5.74, 6) is 1.13. The second-order valence-corrected chi connectivity index (χ2v) is 10.3. The first-order valence-electron chi connectivity index (χ1n) is 12.8. The van der Waals surface area contributed by atoms with Crippen LogP contribution >= 0.6 is 0 Å². The second-order valence-electron chi connectivity index (χ2n) is 10.3. The number of alkyl halides is 1. The zero-order valence-electron chi connectivity index (χ0n) is 19.7. The number of nitrogens with one attached hydrogen (secondary N) is 4. The molecule has 3 aliphatic heterocycles. The minimum absolute atomic E-state index is 0.0274. The van der Waals surface area contributed by atoms with Crippen LogP contribution in [-0.2, 0) is 6.42 Å². The highest BCUT2D eigenvalue weighted by Gasteiger charge is 2.48. The van der Waals surface area contributed by atoms with Crippen molar-refractivity contribution in [3.05, 3.63) is 53.1 Å². The van der Waals surface area contributed by atoms with Crippen LogP contribution in [-0.4, -0.2) is 64.4 Å². The maximum atomic E-state index is 15.8. The highest BCUT2D eigenvalue weighted by atomic mass is 19.1. The summed E-state index contributed by atoms with van der Waals surface area (Å²) in [5, 5.41) is 13.3. The van der Waals surface area contributed by atoms with Crippen molar-refractivity contribution in [2.24, 2.45) is 5.92 Å². The molecule has 0 spiro atoms. The van der Waals surface area contributed by atoms with E-state index in [-0.39, 0.29) is 29.7 Å². The van der Waals surface area contributed by atoms with Gasteiger partial charge in [-0.15, -0.1) is 0 Å². The molecule has 0 bridgehead atoms. The minimum atomic E-state index is -0.994. The summed E-state index contributed by atoms with van der Waals surface area (Å²) in [7, 11) is 0. The number of H-pyrrole nitrogens is 1. The zero-order valence-corrected chi connectivity index (χ0v) is 19.7. The van der Waals surface area contributed by atoms with E-state index in [2.05, 4.69) is 39.1 Å². The van der Waals surface area contributed by atoms with Gasteiger partial charge in [0.15, 0.2) is 0 Å². The molecule has 8 heteroatoms. The Balaban J connectivity index is 1.18. The molecule has 7 nitrogen and oxygen atoms in total. The van der Waals surface area contributed by atoms with Gasteiger partial charge in [0, 0.05) is 44.1 Å². The number of phenolic OH excluding ortho intramolecular Hbond substituents is 1. The number of rotatable bonds is 4. The van der Waals surface area contributed by atoms with Crippen molar-refractivity contribution in [2.75, 3.05) is 26.2 Å². The summed E-state index contributed by atoms with van der Waals surface area (Å²) < 4.78 is 15.8. The van der Waals surface area contributed by atoms with E-state index in [0.717, 1.165) is 74.5 Å². The normalized spacial score (nSPS) is 33.9. The number of imidazole rings is 1. The third-order valence-electron chi connectivity index (χ3n) is 8.44. The standard InChI is InChI=1S/C26H35FN6O/c1-2-15-12-18(34)3-4-19(15)20-5-6-21-24(23(20)27)31-32-25(21)26-29-14-22(30-26)16-7-9-33-10-8-28-13-17(33)11-16/h3-4,11-12,14,17,20-21,23-25,28,31-32,34H,2,5-10,13H2,1H3,(H,29,30). The van der Waals surface area contributed by atoms with Crippen LogP contribution in [0, 0.1) is 5.92 Å². The summed E-state index contributed by atoms with van der Waals surface area (Å²) in [6, 6.07) is 5.54. The Morgan fingerprint density at radius 1 is 1.21 bits per heavy atom. The Bertz CT molecular complexity index is 1070. The number of halogens is 1. The molecule has 34 heavy (non-hydrogen) atoms. The van der Waals surface area contributed by atoms with Crippen molar-refractivity contribution in [1.82, 2.24) is 31.0 Å². The third-order valence-corrected chi connectivity index (χ3v) is 8.44. The topological polar surface area (TPSA) is 88.2 Å². The van der Waals surface area contributed by atoms with Crippen molar-refractivity contribution in [3.63, 3.8) is 0 Å². The number of nitrogens with zero attached hydrogens (tertiary/aromatic N) is 2. The van der Waals surface area contributed by atoms with Gasteiger partial charge in [-0.05, 0) is 54.5 Å². The van der Waals surface area contributed by atoms with Gasteiger partial charge in [-0.2, -0.15) is 0 Å². The molecule has 4 heterocycles. The van der Waals surface area contributed by atoms with Gasteiger partial charge >= 0.3 is 0 Å². The Kier molecular flexibility index (Phi) is 5.93. The van der Waals surface area contributed by atoms with Crippen LogP contribution in [0.1, 0.15) is 60.8 Å². The maximum absolute atomic E-state index is 15.8. The lowest BCUT2D eigenvalue weighted by atomic mass is 9.71. The fraction of sp³-hybridized carbons (Fsp3) is 0.577. The molecule has 2 aromatic rings. The van der Waals surface area contributed by atoms with Crippen molar-refractivity contribution in [1.29, 1.82) is 0 Å². The van der Waals surface area contributed by atoms with Crippen LogP contribution in [0.4, 0.5) is 4.39 Å². The fourth-order valence-electron chi connectivity index (χ4n) is 6.58. The number of aromatic nitrogens is 2. The van der Waals surface area contributed by atoms with Crippen LogP contribution < -0.4 is 16.2 Å². The van der Waals surface area contributed by atoms with Gasteiger partial charge in [-0.1, -0.05) is 19.1 Å². The molecular weight excluding hydrogens is 431 g/mol. The van der Waals surface area contributed by atoms with Gasteiger partial charge in [0.1, 0.15) is 17.7 Å². The largest absolute Gasteiger partial charge is 0.508 e. The number of hydrogen-bond donors (Lipinski definition) is 5. The Hall–Kier alpha value is -2.26. The van der Waals surface area contributed by atoms with Gasteiger partial charge in [-0.3, -0.25) is 10.3 Å². The number of aromatic amines is 1. The molecule has 3 fully saturated rings. The highest BCUT2D eigenvalue weighted by molar-refractivity contribution is 5.64. The fourth-order valence-corrected chi connectivity index (χ4v) is 6.58. The molecule has 5 N–H and O–H groups in total. The van der Waals surface area contributed by atoms with Gasteiger partial charge < -0.3 is 15.4 Å². The van der Waals surface area contributed by atoms with Gasteiger partial charge in [-0.25, -0.2) is 14.8 Å². The van der Waals surface area contributed by atoms with E-state index in [1.807, 2.05) is 12.3 Å². The van der Waals surface area contributed by atoms with Crippen molar-refractivity contribution in [2.45, 2.75) is 62.8 Å². The minimum Gasteiger partial charge on any atom is -0.508 e. The molecule has 0 radical (unpaired) electrons. The molecule has 1 aliphatic carbocycles. The summed E-state index contributed by atoms with van der Waals surface area (Å²) in [5.41, 5.74) is 11.1. The third kappa shape index (κ3) is 3.86. The van der Waals surface area contributed by atoms with Gasteiger partial charge in [0.2, 0.25) is 0 Å². The lowest BCUT2D eigenvalue weighted by Crippen LogP contribution is -2.52. The quantitative estimate of drug-likeness (QED) is 0.476. The first-order valence-corrected chi connectivity index (χ1v) is 12.8. The molecule has 6 rings (SSSR count). The number of benzene rings is 1. The number of hydrogen-bond acceptors (Lipinski definition) is 6. The number of aromatic hydroxyl groups is 1. The predicted molar refractivity (Wildman–Crippen MR) is 130 cm³/mol. The number of fused-ring (bicyclic) bond motifs is 2. The summed E-state index contributed by atoms with van der Waals surface area (Å²) in [6.45, 7) is 6.32. The number of piperazine rings is 1. The predicted octanol–water partition coefficient (Wildman–Crippen LogP) is 2.79. The van der Waals surface area contributed by atoms with E-state index < -0.39 is 6.17 Å². The highest BCUT2D eigenvalue weighted by Crippen LogP contribution is 2.45. The monoisotopic (exact) mass is 466 g/mol. The molecule has 182 valence electrons. The number of aryl methyl sites for hydroxylation is 1. The first kappa shape index (κ1) is 22.2. The van der Waals surface area contributed by atoms with E-state index >= 15 is 4.39 Å². The van der Waals surface area contributed by atoms with E-state index in [0.29, 0.717) is 6.04 Å². The van der Waals surface area contributed by atoms with Crippen LogP contribution in [0.25, 0.3) is 5.57 Å². The molecular formula is C26H35FN6O. The van der Waals surface area contributed by atoms with E-state index in [4.69, 9.17) is 4.98 Å². The molecule has 4 aliphatic rings. The van der Waals surface area contributed by atoms with E-state index in [1.165, 1.54) is 5.57 Å². The Labute approximate surface area is 200 Å². The molecule has 2 saturated heterocycles. The van der Waals surface area contributed by atoms with Crippen LogP contribution in [0.2, 0.25) is 0 Å². The van der Waals surface area contributed by atoms with Crippen LogP contribution in [0.5, 0.6) is 5.75 Å². The van der Waals surface area contributed by atoms with E-state index in [9.17, 15) is 5.11 Å². The first-order chi connectivity index (χ1) is 16.6. The zero-order chi connectivity index (χ0) is 23.2. The molecule has 6 atom stereocenters. The molecule has 6 unspecified atom stereocenters. The van der Waals surface area contributed by atoms with E-state index in [1.54, 1.807) is 12.1 Å². The van der Waals surface area contributed by atoms with Crippen molar-refractivity contribution in [3.8, 4) is 5.75 Å². The number of phenols is 1. The van der Waals surface area contributed by atoms with Crippen molar-refractivity contribution >= 4 is 5.57 Å². The SMILES string of the molecule is CCc1cc(O)ccc1C1CCC2C(c3ncc(C4=CC5CNCCN5CC4)[nH]3)NNC2C1F. The summed E-state index contributed by atoms with van der Waals surface area (Å²) in [4.78, 5) is 10.8. The van der Waals surface area contributed by atoms with Crippen LogP contribution in [0.3, 0.4) is 0 Å². The van der Waals surface area contributed by atoms with Crippen molar-refractivity contribution < 1.29 is 9.50 Å². The summed E-state index contributed by atoms with van der Waals surface area (Å²) >= 11 is 0. The Morgan fingerprint density at radius 3 is 3.00 bits per heavy atom. The van der Waals surface area contributed by atoms with Crippen LogP contribution in [0.15, 0.2) is 30.5 Å². The average Bonchev–Trinajstić information content (AvgIpc) is 3.52. The average molecular weight is 467 g/mol. The molecule has 1 aromatic carbocycles. The maximum Gasteiger partial charge on any atom is 0.125 e. The second kappa shape index (κ2) is 9.07. The molecule has 1 saturated carbocycles. The lowest BCUT2D eigenvalue weighted by molar-refractivity contribution is 0.135. The molecule has 1 aromatic heterocycles.